The Labute approximate surface area is 153 Å². The summed E-state index contributed by atoms with van der Waals surface area (Å²) in [5.74, 6) is 0.112. The second kappa shape index (κ2) is 7.58. The van der Waals surface area contributed by atoms with Gasteiger partial charge in [0, 0.05) is 10.8 Å². The van der Waals surface area contributed by atoms with E-state index in [0.717, 1.165) is 28.8 Å². The maximum atomic E-state index is 10.8. The van der Waals surface area contributed by atoms with Crippen molar-refractivity contribution < 1.29 is 19.2 Å². The molecule has 0 radical (unpaired) electrons. The Morgan fingerprint density at radius 1 is 1.24 bits per heavy atom. The Hall–Kier alpha value is -2.51. The number of aliphatic carboxylic acids is 1. The van der Waals surface area contributed by atoms with Gasteiger partial charge in [0.05, 0.1) is 23.7 Å². The Morgan fingerprint density at radius 2 is 1.92 bits per heavy atom. The van der Waals surface area contributed by atoms with Gasteiger partial charge in [0.1, 0.15) is 11.4 Å². The molecule has 8 heteroatoms. The van der Waals surface area contributed by atoms with Crippen LogP contribution >= 0.6 is 23.4 Å². The summed E-state index contributed by atoms with van der Waals surface area (Å²) in [6.45, 7) is 0. The molecule has 0 aliphatic heterocycles. The summed E-state index contributed by atoms with van der Waals surface area (Å²) >= 11 is 7.05. The zero-order valence-electron chi connectivity index (χ0n) is 13.2. The fourth-order valence-electron chi connectivity index (χ4n) is 2.29. The van der Waals surface area contributed by atoms with E-state index in [4.69, 9.17) is 16.3 Å². The lowest BCUT2D eigenvalue weighted by molar-refractivity contribution is -0.625. The minimum Gasteiger partial charge on any atom is -0.549 e. The summed E-state index contributed by atoms with van der Waals surface area (Å²) in [5.41, 5.74) is 1.69. The lowest BCUT2D eigenvalue weighted by Gasteiger charge is -2.05. The molecular weight excluding hydrogens is 362 g/mol. The Morgan fingerprint density at radius 3 is 2.52 bits per heavy atom. The van der Waals surface area contributed by atoms with Crippen LogP contribution in [0.4, 0.5) is 0 Å². The van der Waals surface area contributed by atoms with Gasteiger partial charge in [0.15, 0.2) is 0 Å². The molecular formula is C17H14ClN3O3S. The lowest BCUT2D eigenvalue weighted by atomic mass is 10.2. The molecule has 0 saturated heterocycles. The molecule has 2 aromatic carbocycles. The molecule has 6 nitrogen and oxygen atoms in total. The summed E-state index contributed by atoms with van der Waals surface area (Å²) in [6, 6.07) is 14.7. The fourth-order valence-corrected chi connectivity index (χ4v) is 3.10. The summed E-state index contributed by atoms with van der Waals surface area (Å²) in [5, 5.41) is 19.1. The maximum Gasteiger partial charge on any atom is 0.342 e. The van der Waals surface area contributed by atoms with E-state index in [1.54, 1.807) is 19.2 Å². The number of carbonyl (C=O) groups excluding carboxylic acids is 1. The third-order valence-corrected chi connectivity index (χ3v) is 4.60. The van der Waals surface area contributed by atoms with Gasteiger partial charge in [0.25, 0.3) is 5.82 Å². The van der Waals surface area contributed by atoms with Crippen LogP contribution in [-0.4, -0.2) is 29.0 Å². The molecule has 0 saturated carbocycles. The van der Waals surface area contributed by atoms with E-state index in [1.165, 1.54) is 0 Å². The number of hydrogen-bond donors (Lipinski definition) is 1. The molecule has 0 unspecified atom stereocenters. The van der Waals surface area contributed by atoms with Gasteiger partial charge in [-0.1, -0.05) is 11.6 Å². The first kappa shape index (κ1) is 17.3. The molecule has 0 fully saturated rings. The van der Waals surface area contributed by atoms with Crippen molar-refractivity contribution in [3.8, 4) is 22.8 Å². The maximum absolute atomic E-state index is 10.8. The van der Waals surface area contributed by atoms with Crippen LogP contribution in [0, 0.1) is 0 Å². The van der Waals surface area contributed by atoms with E-state index in [1.807, 2.05) is 41.0 Å². The van der Waals surface area contributed by atoms with Gasteiger partial charge in [-0.3, -0.25) is 0 Å². The Kier molecular flexibility index (Phi) is 5.25. The minimum atomic E-state index is -1.15. The van der Waals surface area contributed by atoms with Crippen LogP contribution in [0.15, 0.2) is 53.7 Å². The highest BCUT2D eigenvalue weighted by Crippen LogP contribution is 2.23. The van der Waals surface area contributed by atoms with Crippen LogP contribution in [0.1, 0.15) is 0 Å². The average molecular weight is 376 g/mol. The number of H-pyrrole nitrogens is 1. The highest BCUT2D eigenvalue weighted by atomic mass is 35.5. The highest BCUT2D eigenvalue weighted by Gasteiger charge is 2.23. The van der Waals surface area contributed by atoms with Gasteiger partial charge >= 0.3 is 5.16 Å². The van der Waals surface area contributed by atoms with E-state index in [0.29, 0.717) is 16.0 Å². The number of rotatable bonds is 6. The molecule has 0 bridgehead atoms. The second-order valence-electron chi connectivity index (χ2n) is 5.06. The number of nitrogens with zero attached hydrogens (tertiary/aromatic N) is 2. The zero-order valence-corrected chi connectivity index (χ0v) is 14.8. The molecule has 1 aromatic heterocycles. The number of thioether (sulfide) groups is 1. The van der Waals surface area contributed by atoms with Gasteiger partial charge in [-0.2, -0.15) is 4.57 Å². The smallest absolute Gasteiger partial charge is 0.342 e. The number of halogens is 1. The first-order chi connectivity index (χ1) is 12.1. The number of nitrogens with one attached hydrogen (secondary N) is 1. The third-order valence-electron chi connectivity index (χ3n) is 3.44. The zero-order chi connectivity index (χ0) is 17.8. The average Bonchev–Trinajstić information content (AvgIpc) is 3.04. The van der Waals surface area contributed by atoms with Crippen LogP contribution in [0.2, 0.25) is 5.02 Å². The molecule has 0 aliphatic carbocycles. The van der Waals surface area contributed by atoms with Crippen molar-refractivity contribution in [3.63, 3.8) is 0 Å². The molecule has 25 heavy (non-hydrogen) atoms. The number of benzene rings is 2. The number of methoxy groups -OCH3 is 1. The number of hydrogen-bond acceptors (Lipinski definition) is 5. The van der Waals surface area contributed by atoms with Gasteiger partial charge in [-0.05, 0) is 60.3 Å². The number of carboxylic acids is 1. The SMILES string of the molecule is COc1ccc(-c2[nH]nc(SCC(=O)[O-])[n+]2-c2ccc(Cl)cc2)cc1. The molecule has 3 rings (SSSR count). The molecule has 128 valence electrons. The number of aromatic amines is 1. The number of carboxylic acid groups (broad SMARTS) is 1. The first-order valence-corrected chi connectivity index (χ1v) is 8.68. The number of aromatic nitrogens is 3. The van der Waals surface area contributed by atoms with E-state index in [-0.39, 0.29) is 5.75 Å². The van der Waals surface area contributed by atoms with Crippen LogP contribution in [0.5, 0.6) is 5.75 Å². The quantitative estimate of drug-likeness (QED) is 0.525. The molecule has 0 aliphatic rings. The largest absolute Gasteiger partial charge is 0.549 e. The topological polar surface area (TPSA) is 81.9 Å². The van der Waals surface area contributed by atoms with Crippen LogP contribution in [-0.2, 0) is 4.79 Å². The predicted octanol–water partition coefficient (Wildman–Crippen LogP) is 1.86. The van der Waals surface area contributed by atoms with Crippen LogP contribution in [0.3, 0.4) is 0 Å². The van der Waals surface area contributed by atoms with Gasteiger partial charge < -0.3 is 14.6 Å². The fraction of sp³-hybridized carbons (Fsp3) is 0.118. The van der Waals surface area contributed by atoms with Gasteiger partial charge in [0.2, 0.25) is 0 Å². The van der Waals surface area contributed by atoms with Crippen molar-refractivity contribution in [2.45, 2.75) is 5.16 Å². The first-order valence-electron chi connectivity index (χ1n) is 7.32. The lowest BCUT2D eigenvalue weighted by Crippen LogP contribution is -2.34. The molecule has 0 spiro atoms. The summed E-state index contributed by atoms with van der Waals surface area (Å²) < 4.78 is 7.02. The van der Waals surface area contributed by atoms with E-state index < -0.39 is 5.97 Å². The van der Waals surface area contributed by atoms with Gasteiger partial charge in [-0.15, -0.1) is 5.10 Å². The summed E-state index contributed by atoms with van der Waals surface area (Å²) in [6.07, 6.45) is 0. The van der Waals surface area contributed by atoms with Crippen molar-refractivity contribution in [1.82, 2.24) is 10.2 Å². The molecule has 1 N–H and O–H groups in total. The van der Waals surface area contributed by atoms with E-state index in [2.05, 4.69) is 10.2 Å². The predicted molar refractivity (Wildman–Crippen MR) is 92.8 cm³/mol. The molecule has 0 atom stereocenters. The second-order valence-corrected chi connectivity index (χ2v) is 6.43. The van der Waals surface area contributed by atoms with Crippen molar-refractivity contribution >= 4 is 29.3 Å². The van der Waals surface area contributed by atoms with Crippen molar-refractivity contribution in [1.29, 1.82) is 0 Å². The van der Waals surface area contributed by atoms with Crippen LogP contribution in [0.25, 0.3) is 17.1 Å². The normalized spacial score (nSPS) is 10.6. The summed E-state index contributed by atoms with van der Waals surface area (Å²) in [4.78, 5) is 10.8. The molecule has 0 amide bonds. The van der Waals surface area contributed by atoms with Crippen molar-refractivity contribution in [3.05, 3.63) is 53.6 Å². The van der Waals surface area contributed by atoms with Crippen molar-refractivity contribution in [2.75, 3.05) is 12.9 Å². The van der Waals surface area contributed by atoms with Crippen molar-refractivity contribution in [2.24, 2.45) is 0 Å². The van der Waals surface area contributed by atoms with Gasteiger partial charge in [-0.25, -0.2) is 0 Å². The van der Waals surface area contributed by atoms with E-state index in [9.17, 15) is 9.90 Å². The number of carbonyl (C=O) groups is 1. The highest BCUT2D eigenvalue weighted by molar-refractivity contribution is 7.99. The Balaban J connectivity index is 2.07. The standard InChI is InChI=1S/C17H14ClN3O3S/c1-24-14-8-2-11(3-9-14)16-19-20-17(25-10-15(22)23)21(16)13-6-4-12(18)5-7-13/h2-9H,10H2,1H3,(H,22,23). The Bertz CT molecular complexity index is 879. The third kappa shape index (κ3) is 3.94. The minimum absolute atomic E-state index is 0.194. The summed E-state index contributed by atoms with van der Waals surface area (Å²) in [7, 11) is 1.60. The van der Waals surface area contributed by atoms with E-state index >= 15 is 0 Å². The molecule has 1 heterocycles. The monoisotopic (exact) mass is 375 g/mol. The van der Waals surface area contributed by atoms with Crippen LogP contribution < -0.4 is 14.4 Å². The molecule has 3 aromatic rings. The number of ether oxygens (including phenoxy) is 1.